The summed E-state index contributed by atoms with van der Waals surface area (Å²) in [4.78, 5) is 0. The van der Waals surface area contributed by atoms with E-state index in [0.29, 0.717) is 12.2 Å². The number of nitrogens with zero attached hydrogens (tertiary/aromatic N) is 1. The number of rotatable bonds is 7. The van der Waals surface area contributed by atoms with Crippen LogP contribution in [-0.2, 0) is 0 Å². The van der Waals surface area contributed by atoms with Crippen LogP contribution in [0.5, 0.6) is 11.5 Å². The summed E-state index contributed by atoms with van der Waals surface area (Å²) in [6.07, 6.45) is 1.42. The summed E-state index contributed by atoms with van der Waals surface area (Å²) in [6, 6.07) is 12.5. The molecule has 0 fully saturated rings. The average Bonchev–Trinajstić information content (AvgIpc) is 2.52. The number of hydrogen-bond donors (Lipinski definition) is 1. The van der Waals surface area contributed by atoms with Gasteiger partial charge in [0.25, 0.3) is 0 Å². The molecule has 4 nitrogen and oxygen atoms in total. The molecule has 2 aromatic carbocycles. The van der Waals surface area contributed by atoms with E-state index in [0.717, 1.165) is 11.3 Å². The molecule has 0 atom stereocenters. The maximum Gasteiger partial charge on any atom is 0.387 e. The van der Waals surface area contributed by atoms with E-state index in [-0.39, 0.29) is 11.5 Å². The van der Waals surface area contributed by atoms with Crippen molar-refractivity contribution in [3.8, 4) is 11.5 Å². The predicted octanol–water partition coefficient (Wildman–Crippen LogP) is 4.44. The Balaban J connectivity index is 2.18. The lowest BCUT2D eigenvalue weighted by atomic mass is 10.2. The van der Waals surface area contributed by atoms with Gasteiger partial charge in [-0.1, -0.05) is 23.8 Å². The number of benzene rings is 2. The van der Waals surface area contributed by atoms with Crippen molar-refractivity contribution in [2.75, 3.05) is 12.0 Å². The second-order valence-corrected chi connectivity index (χ2v) is 4.72. The molecule has 0 aliphatic carbocycles. The van der Waals surface area contributed by atoms with E-state index < -0.39 is 6.61 Å². The number of alkyl halides is 2. The molecular formula is C17H18F2N2O2. The van der Waals surface area contributed by atoms with Crippen molar-refractivity contribution in [2.24, 2.45) is 5.10 Å². The quantitative estimate of drug-likeness (QED) is 0.606. The van der Waals surface area contributed by atoms with E-state index in [2.05, 4.69) is 15.3 Å². The summed E-state index contributed by atoms with van der Waals surface area (Å²) in [7, 11) is 0. The topological polar surface area (TPSA) is 42.8 Å². The van der Waals surface area contributed by atoms with Crippen LogP contribution in [-0.4, -0.2) is 19.4 Å². The van der Waals surface area contributed by atoms with Crippen LogP contribution in [0, 0.1) is 6.92 Å². The molecule has 0 radical (unpaired) electrons. The molecule has 2 rings (SSSR count). The third-order valence-corrected chi connectivity index (χ3v) is 2.96. The minimum absolute atomic E-state index is 0.0289. The van der Waals surface area contributed by atoms with Crippen molar-refractivity contribution in [3.63, 3.8) is 0 Å². The third-order valence-electron chi connectivity index (χ3n) is 2.96. The Morgan fingerprint density at radius 3 is 2.57 bits per heavy atom. The van der Waals surface area contributed by atoms with Crippen LogP contribution >= 0.6 is 0 Å². The van der Waals surface area contributed by atoms with Gasteiger partial charge in [0.1, 0.15) is 0 Å². The maximum atomic E-state index is 12.6. The highest BCUT2D eigenvalue weighted by Crippen LogP contribution is 2.31. The van der Waals surface area contributed by atoms with Crippen molar-refractivity contribution in [3.05, 3.63) is 53.6 Å². The van der Waals surface area contributed by atoms with Crippen LogP contribution in [0.1, 0.15) is 18.1 Å². The van der Waals surface area contributed by atoms with Crippen LogP contribution in [0.25, 0.3) is 0 Å². The number of hydrogen-bond acceptors (Lipinski definition) is 4. The molecule has 0 aliphatic heterocycles. The zero-order valence-electron chi connectivity index (χ0n) is 12.9. The summed E-state index contributed by atoms with van der Waals surface area (Å²) in [5.41, 5.74) is 5.17. The highest BCUT2D eigenvalue weighted by Gasteiger charge is 2.14. The number of ether oxygens (including phenoxy) is 2. The Morgan fingerprint density at radius 1 is 1.17 bits per heavy atom. The maximum absolute atomic E-state index is 12.6. The van der Waals surface area contributed by atoms with Gasteiger partial charge in [0, 0.05) is 5.56 Å². The Hall–Kier alpha value is -2.63. The van der Waals surface area contributed by atoms with Gasteiger partial charge in [-0.25, -0.2) is 0 Å². The lowest BCUT2D eigenvalue weighted by Crippen LogP contribution is -2.07. The fourth-order valence-electron chi connectivity index (χ4n) is 1.92. The summed E-state index contributed by atoms with van der Waals surface area (Å²) in [5.74, 6) is 0.228. The number of halogens is 2. The first-order chi connectivity index (χ1) is 11.1. The molecule has 0 spiro atoms. The summed E-state index contributed by atoms with van der Waals surface area (Å²) < 4.78 is 35.1. The Labute approximate surface area is 133 Å². The first kappa shape index (κ1) is 16.7. The zero-order chi connectivity index (χ0) is 16.7. The third kappa shape index (κ3) is 4.95. The number of anilines is 1. The summed E-state index contributed by atoms with van der Waals surface area (Å²) in [5, 5.41) is 4.06. The highest BCUT2D eigenvalue weighted by atomic mass is 19.3. The average molecular weight is 320 g/mol. The molecular weight excluding hydrogens is 302 g/mol. The molecule has 0 aliphatic rings. The lowest BCUT2D eigenvalue weighted by molar-refractivity contribution is -0.0515. The molecule has 0 unspecified atom stereocenters. The van der Waals surface area contributed by atoms with Crippen molar-refractivity contribution >= 4 is 11.9 Å². The normalized spacial score (nSPS) is 11.0. The van der Waals surface area contributed by atoms with Gasteiger partial charge in [0.2, 0.25) is 0 Å². The first-order valence-electron chi connectivity index (χ1n) is 7.16. The zero-order valence-corrected chi connectivity index (χ0v) is 12.9. The van der Waals surface area contributed by atoms with E-state index in [9.17, 15) is 8.78 Å². The van der Waals surface area contributed by atoms with Gasteiger partial charge < -0.3 is 9.47 Å². The summed E-state index contributed by atoms with van der Waals surface area (Å²) >= 11 is 0. The van der Waals surface area contributed by atoms with Crippen LogP contribution in [0.4, 0.5) is 14.5 Å². The number of nitrogens with one attached hydrogen (secondary N) is 1. The predicted molar refractivity (Wildman–Crippen MR) is 86.6 cm³/mol. The van der Waals surface area contributed by atoms with Crippen LogP contribution in [0.3, 0.4) is 0 Å². The van der Waals surface area contributed by atoms with Gasteiger partial charge >= 0.3 is 6.61 Å². The smallest absolute Gasteiger partial charge is 0.387 e. The van der Waals surface area contributed by atoms with E-state index >= 15 is 0 Å². The Morgan fingerprint density at radius 2 is 1.91 bits per heavy atom. The van der Waals surface area contributed by atoms with Crippen LogP contribution in [0.2, 0.25) is 0 Å². The van der Waals surface area contributed by atoms with Gasteiger partial charge in [0.05, 0.1) is 18.5 Å². The lowest BCUT2D eigenvalue weighted by Gasteiger charge is -2.13. The Kier molecular flexibility index (Phi) is 5.91. The van der Waals surface area contributed by atoms with E-state index in [1.807, 2.05) is 31.2 Å². The van der Waals surface area contributed by atoms with E-state index in [1.54, 1.807) is 25.1 Å². The van der Waals surface area contributed by atoms with Crippen LogP contribution < -0.4 is 14.9 Å². The molecule has 122 valence electrons. The van der Waals surface area contributed by atoms with Crippen molar-refractivity contribution in [2.45, 2.75) is 20.5 Å². The van der Waals surface area contributed by atoms with Crippen molar-refractivity contribution in [1.82, 2.24) is 0 Å². The fourth-order valence-corrected chi connectivity index (χ4v) is 1.92. The molecule has 2 aromatic rings. The molecule has 0 aromatic heterocycles. The second kappa shape index (κ2) is 8.12. The molecule has 1 N–H and O–H groups in total. The largest absolute Gasteiger partial charge is 0.490 e. The van der Waals surface area contributed by atoms with Crippen molar-refractivity contribution in [1.29, 1.82) is 0 Å². The fraction of sp³-hybridized carbons (Fsp3) is 0.235. The first-order valence-corrected chi connectivity index (χ1v) is 7.16. The van der Waals surface area contributed by atoms with Gasteiger partial charge in [-0.2, -0.15) is 13.9 Å². The standard InChI is InChI=1S/C17H18F2N2O2/c1-3-22-15-6-4-5-13(16(15)23-17(18)19)11-20-21-14-9-7-12(2)8-10-14/h4-11,17,21H,3H2,1-2H3/b20-11-. The molecule has 0 saturated heterocycles. The van der Waals surface area contributed by atoms with Gasteiger partial charge in [-0.15, -0.1) is 0 Å². The molecule has 23 heavy (non-hydrogen) atoms. The number of para-hydroxylation sites is 1. The summed E-state index contributed by atoms with van der Waals surface area (Å²) in [6.45, 7) is 1.17. The number of aryl methyl sites for hydroxylation is 1. The molecule has 0 heterocycles. The molecule has 0 amide bonds. The van der Waals surface area contributed by atoms with Gasteiger partial charge in [-0.05, 0) is 38.1 Å². The molecule has 6 heteroatoms. The molecule has 0 bridgehead atoms. The second-order valence-electron chi connectivity index (χ2n) is 4.72. The highest BCUT2D eigenvalue weighted by molar-refractivity contribution is 5.85. The minimum atomic E-state index is -2.94. The van der Waals surface area contributed by atoms with E-state index in [4.69, 9.17) is 4.74 Å². The SMILES string of the molecule is CCOc1cccc(/C=N\Nc2ccc(C)cc2)c1OC(F)F. The molecule has 0 saturated carbocycles. The van der Waals surface area contributed by atoms with E-state index in [1.165, 1.54) is 6.21 Å². The Bertz CT molecular complexity index is 658. The minimum Gasteiger partial charge on any atom is -0.490 e. The van der Waals surface area contributed by atoms with Crippen LogP contribution in [0.15, 0.2) is 47.6 Å². The van der Waals surface area contributed by atoms with Gasteiger partial charge in [-0.3, -0.25) is 5.43 Å². The van der Waals surface area contributed by atoms with Gasteiger partial charge in [0.15, 0.2) is 11.5 Å². The van der Waals surface area contributed by atoms with Crippen molar-refractivity contribution < 1.29 is 18.3 Å². The number of hydrazone groups is 1. The monoisotopic (exact) mass is 320 g/mol.